The Balaban J connectivity index is 2.33. The maximum absolute atomic E-state index is 13.5. The van der Waals surface area contributed by atoms with Crippen LogP contribution in [0, 0.1) is 18.6 Å². The van der Waals surface area contributed by atoms with Crippen molar-refractivity contribution < 1.29 is 13.6 Å². The molecule has 0 saturated heterocycles. The van der Waals surface area contributed by atoms with Crippen molar-refractivity contribution in [2.75, 3.05) is 5.32 Å². The first-order valence-electron chi connectivity index (χ1n) is 5.61. The van der Waals surface area contributed by atoms with Crippen LogP contribution in [0.1, 0.15) is 15.9 Å². The van der Waals surface area contributed by atoms with Crippen molar-refractivity contribution in [3.8, 4) is 0 Å². The highest BCUT2D eigenvalue weighted by molar-refractivity contribution is 9.10. The van der Waals surface area contributed by atoms with E-state index in [2.05, 4.69) is 21.2 Å². The molecule has 2 nitrogen and oxygen atoms in total. The minimum Gasteiger partial charge on any atom is -0.322 e. The maximum atomic E-state index is 13.5. The first kappa shape index (κ1) is 14.9. The molecule has 1 amide bonds. The van der Waals surface area contributed by atoms with Gasteiger partial charge in [0.25, 0.3) is 5.91 Å². The third kappa shape index (κ3) is 2.99. The smallest absolute Gasteiger partial charge is 0.257 e. The number of nitrogens with one attached hydrogen (secondary N) is 1. The molecule has 2 aromatic carbocycles. The highest BCUT2D eigenvalue weighted by Crippen LogP contribution is 2.26. The molecule has 0 radical (unpaired) electrons. The van der Waals surface area contributed by atoms with Crippen LogP contribution in [0.5, 0.6) is 0 Å². The molecule has 1 N–H and O–H groups in total. The average Bonchev–Trinajstić information content (AvgIpc) is 2.39. The van der Waals surface area contributed by atoms with Gasteiger partial charge in [0, 0.05) is 5.69 Å². The fourth-order valence-electron chi connectivity index (χ4n) is 1.65. The Morgan fingerprint density at radius 2 is 1.95 bits per heavy atom. The predicted octanol–water partition coefficient (Wildman–Crippen LogP) is 4.94. The molecule has 0 fully saturated rings. The lowest BCUT2D eigenvalue weighted by atomic mass is 10.1. The van der Waals surface area contributed by atoms with Crippen LogP contribution in [0.15, 0.2) is 34.8 Å². The molecule has 2 rings (SSSR count). The fourth-order valence-corrected chi connectivity index (χ4v) is 2.32. The van der Waals surface area contributed by atoms with Crippen molar-refractivity contribution in [3.63, 3.8) is 0 Å². The number of anilines is 1. The van der Waals surface area contributed by atoms with Gasteiger partial charge in [-0.3, -0.25) is 4.79 Å². The van der Waals surface area contributed by atoms with Gasteiger partial charge in [-0.15, -0.1) is 0 Å². The van der Waals surface area contributed by atoms with Crippen molar-refractivity contribution in [3.05, 3.63) is 62.6 Å². The van der Waals surface area contributed by atoms with Crippen LogP contribution in [-0.4, -0.2) is 5.91 Å². The van der Waals surface area contributed by atoms with E-state index in [1.807, 2.05) is 0 Å². The van der Waals surface area contributed by atoms with Gasteiger partial charge in [-0.1, -0.05) is 17.7 Å². The molecular weight excluding hydrogens is 352 g/mol. The Morgan fingerprint density at radius 3 is 2.65 bits per heavy atom. The summed E-state index contributed by atoms with van der Waals surface area (Å²) in [4.78, 5) is 12.0. The number of carbonyl (C=O) groups excluding carboxylic acids is 1. The molecule has 104 valence electrons. The molecule has 2 aromatic rings. The quantitative estimate of drug-likeness (QED) is 0.807. The van der Waals surface area contributed by atoms with E-state index in [-0.39, 0.29) is 10.6 Å². The molecule has 0 unspecified atom stereocenters. The summed E-state index contributed by atoms with van der Waals surface area (Å²) in [5.41, 5.74) is 0.963. The Hall–Kier alpha value is -1.46. The molecule has 0 aliphatic rings. The molecule has 20 heavy (non-hydrogen) atoms. The van der Waals surface area contributed by atoms with Crippen molar-refractivity contribution in [1.82, 2.24) is 0 Å². The Bertz CT molecular complexity index is 691. The zero-order valence-electron chi connectivity index (χ0n) is 10.3. The van der Waals surface area contributed by atoms with Crippen LogP contribution < -0.4 is 5.32 Å². The molecule has 0 aliphatic heterocycles. The third-order valence-corrected chi connectivity index (χ3v) is 3.70. The van der Waals surface area contributed by atoms with Gasteiger partial charge in [0.15, 0.2) is 0 Å². The number of carbonyl (C=O) groups is 1. The van der Waals surface area contributed by atoms with E-state index in [1.165, 1.54) is 24.3 Å². The lowest BCUT2D eigenvalue weighted by molar-refractivity contribution is 0.102. The van der Waals surface area contributed by atoms with Crippen LogP contribution in [0.4, 0.5) is 14.5 Å². The molecule has 0 aromatic heterocycles. The predicted molar refractivity (Wildman–Crippen MR) is 78.2 cm³/mol. The van der Waals surface area contributed by atoms with E-state index >= 15 is 0 Å². The van der Waals surface area contributed by atoms with Crippen LogP contribution in [0.3, 0.4) is 0 Å². The second kappa shape index (κ2) is 5.89. The molecule has 0 aliphatic carbocycles. The third-order valence-electron chi connectivity index (χ3n) is 2.71. The summed E-state index contributed by atoms with van der Waals surface area (Å²) in [6.07, 6.45) is 0. The van der Waals surface area contributed by atoms with Gasteiger partial charge >= 0.3 is 0 Å². The van der Waals surface area contributed by atoms with Gasteiger partial charge in [-0.25, -0.2) is 8.78 Å². The number of benzene rings is 2. The summed E-state index contributed by atoms with van der Waals surface area (Å²) < 4.78 is 27.1. The molecule has 0 saturated carbocycles. The topological polar surface area (TPSA) is 29.1 Å². The summed E-state index contributed by atoms with van der Waals surface area (Å²) >= 11 is 8.79. The molecule has 0 atom stereocenters. The van der Waals surface area contributed by atoms with Crippen molar-refractivity contribution in [2.24, 2.45) is 0 Å². The lowest BCUT2D eigenvalue weighted by Gasteiger charge is -2.10. The molecule has 0 bridgehead atoms. The highest BCUT2D eigenvalue weighted by atomic mass is 79.9. The first-order chi connectivity index (χ1) is 9.40. The van der Waals surface area contributed by atoms with E-state index in [4.69, 9.17) is 11.6 Å². The van der Waals surface area contributed by atoms with Crippen LogP contribution >= 0.6 is 27.5 Å². The van der Waals surface area contributed by atoms with Gasteiger partial charge < -0.3 is 5.32 Å². The van der Waals surface area contributed by atoms with Gasteiger partial charge in [0.05, 0.1) is 15.1 Å². The largest absolute Gasteiger partial charge is 0.322 e. The highest BCUT2D eigenvalue weighted by Gasteiger charge is 2.15. The summed E-state index contributed by atoms with van der Waals surface area (Å²) in [5.74, 6) is -1.78. The van der Waals surface area contributed by atoms with E-state index in [0.717, 1.165) is 6.07 Å². The zero-order chi connectivity index (χ0) is 14.9. The van der Waals surface area contributed by atoms with Gasteiger partial charge in [-0.2, -0.15) is 0 Å². The number of amides is 1. The second-order valence-corrected chi connectivity index (χ2v) is 5.37. The van der Waals surface area contributed by atoms with Crippen molar-refractivity contribution >= 4 is 39.1 Å². The van der Waals surface area contributed by atoms with E-state index < -0.39 is 17.5 Å². The first-order valence-corrected chi connectivity index (χ1v) is 6.78. The molecule has 6 heteroatoms. The van der Waals surface area contributed by atoms with Gasteiger partial charge in [-0.05, 0) is 52.7 Å². The number of aryl methyl sites for hydroxylation is 1. The number of rotatable bonds is 2. The maximum Gasteiger partial charge on any atom is 0.257 e. The standard InChI is InChI=1S/C14H9BrClF2NO/c1-7-5-9(15)11(18)6-12(7)19-14(20)8-3-2-4-10(17)13(8)16/h2-6H,1H3,(H,19,20). The Kier molecular flexibility index (Phi) is 4.40. The van der Waals surface area contributed by atoms with Gasteiger partial charge in [0.2, 0.25) is 0 Å². The van der Waals surface area contributed by atoms with Crippen molar-refractivity contribution in [1.29, 1.82) is 0 Å². The Morgan fingerprint density at radius 1 is 1.25 bits per heavy atom. The van der Waals surface area contributed by atoms with E-state index in [0.29, 0.717) is 15.7 Å². The summed E-state index contributed by atoms with van der Waals surface area (Å²) in [6.45, 7) is 1.72. The molecule has 0 heterocycles. The van der Waals surface area contributed by atoms with Crippen LogP contribution in [-0.2, 0) is 0 Å². The molecular formula is C14H9BrClF2NO. The summed E-state index contributed by atoms with van der Waals surface area (Å²) in [6, 6.07) is 6.66. The second-order valence-electron chi connectivity index (χ2n) is 4.14. The minimum atomic E-state index is -0.682. The molecule has 0 spiro atoms. The van der Waals surface area contributed by atoms with Crippen LogP contribution in [0.2, 0.25) is 5.02 Å². The summed E-state index contributed by atoms with van der Waals surface area (Å²) in [5, 5.41) is 2.25. The zero-order valence-corrected chi connectivity index (χ0v) is 12.6. The fraction of sp³-hybridized carbons (Fsp3) is 0.0714. The normalized spacial score (nSPS) is 10.4. The van der Waals surface area contributed by atoms with E-state index in [9.17, 15) is 13.6 Å². The number of hydrogen-bond acceptors (Lipinski definition) is 1. The summed E-state index contributed by atoms with van der Waals surface area (Å²) in [7, 11) is 0. The monoisotopic (exact) mass is 359 g/mol. The average molecular weight is 361 g/mol. The SMILES string of the molecule is Cc1cc(Br)c(F)cc1NC(=O)c1cccc(F)c1Cl. The van der Waals surface area contributed by atoms with E-state index in [1.54, 1.807) is 6.92 Å². The van der Waals surface area contributed by atoms with Gasteiger partial charge in [0.1, 0.15) is 11.6 Å². The lowest BCUT2D eigenvalue weighted by Crippen LogP contribution is -2.14. The number of hydrogen-bond donors (Lipinski definition) is 1. The minimum absolute atomic E-state index is 0.00519. The number of halogens is 4. The van der Waals surface area contributed by atoms with Crippen LogP contribution in [0.25, 0.3) is 0 Å². The van der Waals surface area contributed by atoms with Crippen molar-refractivity contribution in [2.45, 2.75) is 6.92 Å². The Labute approximate surface area is 127 Å².